The first-order chi connectivity index (χ1) is 8.52. The Bertz CT molecular complexity index is 444. The number of hydrogen-bond donors (Lipinski definition) is 6. The van der Waals surface area contributed by atoms with Crippen molar-refractivity contribution in [3.63, 3.8) is 0 Å². The molecule has 0 saturated carbocycles. The average molecular weight is 367 g/mol. The van der Waals surface area contributed by atoms with Crippen LogP contribution in [0.2, 0.25) is 0 Å². The first kappa shape index (κ1) is 29.6. The maximum atomic E-state index is 11.1. The fraction of sp³-hybridized carbons (Fsp3) is 0.600. The maximum absolute atomic E-state index is 11.1. The molecule has 1 unspecified atom stereocenters. The van der Waals surface area contributed by atoms with Crippen LogP contribution in [0.4, 0.5) is 0 Å². The smallest absolute Gasteiger partial charge is 0.344 e. The van der Waals surface area contributed by atoms with Crippen molar-refractivity contribution in [2.24, 2.45) is 0 Å². The minimum Gasteiger partial charge on any atom is -0.344 e. The van der Waals surface area contributed by atoms with Crippen LogP contribution < -0.4 is 18.5 Å². The number of phosphoric acid groups is 2. The van der Waals surface area contributed by atoms with Gasteiger partial charge in [0.15, 0.2) is 0 Å². The molecule has 0 aliphatic rings. The molecule has 22 heavy (non-hydrogen) atoms. The van der Waals surface area contributed by atoms with E-state index >= 15 is 0 Å². The summed E-state index contributed by atoms with van der Waals surface area (Å²) >= 11 is 0. The lowest BCUT2D eigenvalue weighted by atomic mass is 10.2. The van der Waals surface area contributed by atoms with E-state index < -0.39 is 15.6 Å². The lowest BCUT2D eigenvalue weighted by Crippen LogP contribution is -1.94. The van der Waals surface area contributed by atoms with Gasteiger partial charge in [-0.1, -0.05) is 23.3 Å². The maximum Gasteiger partial charge on any atom is 0.481 e. The summed E-state index contributed by atoms with van der Waals surface area (Å²) in [5, 5.41) is 0. The van der Waals surface area contributed by atoms with Gasteiger partial charge in [-0.2, -0.15) is 4.31 Å². The largest absolute Gasteiger partial charge is 0.481 e. The zero-order valence-electron chi connectivity index (χ0n) is 13.3. The third kappa shape index (κ3) is 19.6. The highest BCUT2D eigenvalue weighted by molar-refractivity contribution is 7.60. The predicted molar refractivity (Wildman–Crippen MR) is 86.4 cm³/mol. The van der Waals surface area contributed by atoms with Crippen molar-refractivity contribution in [2.75, 3.05) is 6.61 Å². The summed E-state index contributed by atoms with van der Waals surface area (Å²) in [6.45, 7) is 5.55. The van der Waals surface area contributed by atoms with E-state index in [9.17, 15) is 9.13 Å². The molecule has 0 rings (SSSR count). The quantitative estimate of drug-likeness (QED) is 0.208. The molecule has 0 bridgehead atoms. The topological polar surface area (TPSA) is 218 Å². The Morgan fingerprint density at radius 2 is 1.50 bits per heavy atom. The Morgan fingerprint density at radius 3 is 1.91 bits per heavy atom. The van der Waals surface area contributed by atoms with E-state index in [-0.39, 0.29) is 25.1 Å². The summed E-state index contributed by atoms with van der Waals surface area (Å²) in [5.74, 6) is 0. The lowest BCUT2D eigenvalue weighted by Gasteiger charge is -2.11. The molecule has 0 amide bonds. The fourth-order valence-corrected chi connectivity index (χ4v) is 2.65. The van der Waals surface area contributed by atoms with E-state index in [2.05, 4.69) is 14.9 Å². The molecule has 0 radical (unpaired) electrons. The molecule has 0 aromatic rings. The normalized spacial score (nSPS) is 13.8. The van der Waals surface area contributed by atoms with Crippen LogP contribution in [0.25, 0.3) is 0 Å². The molecule has 12 heteroatoms. The summed E-state index contributed by atoms with van der Waals surface area (Å²) in [6, 6.07) is 0. The van der Waals surface area contributed by atoms with Crippen LogP contribution in [0.15, 0.2) is 23.3 Å². The predicted octanol–water partition coefficient (Wildman–Crippen LogP) is 3.39. The Kier molecular flexibility index (Phi) is 17.6. The number of allylic oxidation sites excluding steroid dienone is 3. The van der Waals surface area contributed by atoms with Crippen molar-refractivity contribution in [3.8, 4) is 0 Å². The highest BCUT2D eigenvalue weighted by Crippen LogP contribution is 2.57. The Labute approximate surface area is 131 Å². The van der Waals surface area contributed by atoms with Crippen molar-refractivity contribution in [1.29, 1.82) is 0 Å². The van der Waals surface area contributed by atoms with Gasteiger partial charge < -0.3 is 33.1 Å². The van der Waals surface area contributed by atoms with Gasteiger partial charge in [0.2, 0.25) is 0 Å². The van der Waals surface area contributed by atoms with E-state index in [4.69, 9.17) is 14.7 Å². The monoisotopic (exact) mass is 367 g/mol. The third-order valence-corrected chi connectivity index (χ3v) is 4.12. The molecule has 10 nitrogen and oxygen atoms in total. The standard InChI is InChI=1S/C10H20O7P2.3H3N/c1-9(2)5-4-6-10(3)7-8-16-19(14,15)17-18(11,12)13;;;/h5,7H,4,6,8H2,1-3H3,(H,14,15)(H2,11,12,13);3*1H3/b10-7+;;;/i7+1,8+1;;;. The van der Waals surface area contributed by atoms with Gasteiger partial charge in [-0.25, -0.2) is 9.13 Å². The second-order valence-corrected chi connectivity index (χ2v) is 7.04. The molecule has 0 aliphatic carbocycles. The minimum absolute atomic E-state index is 0. The molecular formula is C10H29N3O7P2. The van der Waals surface area contributed by atoms with Crippen LogP contribution in [-0.4, -0.2) is 21.3 Å². The average Bonchev–Trinajstić information content (AvgIpc) is 2.12. The molecule has 0 fully saturated rings. The molecule has 0 saturated heterocycles. The summed E-state index contributed by atoms with van der Waals surface area (Å²) in [7, 11) is -9.78. The van der Waals surface area contributed by atoms with E-state index in [1.807, 2.05) is 20.8 Å². The van der Waals surface area contributed by atoms with Crippen molar-refractivity contribution in [3.05, 3.63) is 23.3 Å². The van der Waals surface area contributed by atoms with Crippen LogP contribution in [0.3, 0.4) is 0 Å². The van der Waals surface area contributed by atoms with Crippen molar-refractivity contribution >= 4 is 15.6 Å². The van der Waals surface area contributed by atoms with Gasteiger partial charge in [0, 0.05) is 0 Å². The Hall–Kier alpha value is -0.380. The molecule has 0 aromatic carbocycles. The summed E-state index contributed by atoms with van der Waals surface area (Å²) < 4.78 is 29.5. The Balaban J connectivity index is -0.000000540. The Morgan fingerprint density at radius 1 is 1.00 bits per heavy atom. The molecule has 12 N–H and O–H groups in total. The van der Waals surface area contributed by atoms with Crippen LogP contribution in [0, 0.1) is 0 Å². The summed E-state index contributed by atoms with van der Waals surface area (Å²) in [5.41, 5.74) is 2.15. The van der Waals surface area contributed by atoms with Crippen molar-refractivity contribution in [2.45, 2.75) is 33.6 Å². The molecule has 136 valence electrons. The van der Waals surface area contributed by atoms with Gasteiger partial charge in [0.1, 0.15) is 0 Å². The van der Waals surface area contributed by atoms with Crippen molar-refractivity contribution in [1.82, 2.24) is 18.5 Å². The zero-order chi connectivity index (χ0) is 15.1. The van der Waals surface area contributed by atoms with Crippen LogP contribution in [0.5, 0.6) is 0 Å². The van der Waals surface area contributed by atoms with E-state index in [1.165, 1.54) is 5.57 Å². The molecule has 0 heterocycles. The fourth-order valence-electron chi connectivity index (χ4n) is 1.12. The van der Waals surface area contributed by atoms with Crippen LogP contribution in [0.1, 0.15) is 33.6 Å². The SMILES string of the molecule is CC(C)=CCC/C(C)=[13CH]/[13CH2]OP(=O)(O)OP(=O)(O)O.N.N.N. The van der Waals surface area contributed by atoms with Crippen LogP contribution >= 0.6 is 15.6 Å². The summed E-state index contributed by atoms with van der Waals surface area (Å²) in [6.07, 6.45) is 5.24. The van der Waals surface area contributed by atoms with Gasteiger partial charge in [-0.3, -0.25) is 4.52 Å². The zero-order valence-corrected chi connectivity index (χ0v) is 15.1. The molecule has 0 aliphatic heterocycles. The van der Waals surface area contributed by atoms with E-state index in [0.29, 0.717) is 0 Å². The first-order valence-corrected chi connectivity index (χ1v) is 8.57. The highest BCUT2D eigenvalue weighted by atomic mass is 31.3. The van der Waals surface area contributed by atoms with Gasteiger partial charge in [0.05, 0.1) is 6.61 Å². The van der Waals surface area contributed by atoms with E-state index in [1.54, 1.807) is 6.08 Å². The van der Waals surface area contributed by atoms with Gasteiger partial charge in [-0.15, -0.1) is 0 Å². The first-order valence-electron chi connectivity index (χ1n) is 5.55. The second-order valence-electron chi connectivity index (χ2n) is 4.21. The number of phosphoric ester groups is 1. The molecule has 1 atom stereocenters. The molecular weight excluding hydrogens is 338 g/mol. The van der Waals surface area contributed by atoms with E-state index in [0.717, 1.165) is 18.4 Å². The minimum atomic E-state index is -5.05. The lowest BCUT2D eigenvalue weighted by molar-refractivity contribution is 0.191. The van der Waals surface area contributed by atoms with Gasteiger partial charge >= 0.3 is 15.6 Å². The van der Waals surface area contributed by atoms with Crippen molar-refractivity contribution < 1.29 is 32.6 Å². The van der Waals surface area contributed by atoms with Gasteiger partial charge in [-0.05, 0) is 33.6 Å². The number of hydrogen-bond acceptors (Lipinski definition) is 7. The highest BCUT2D eigenvalue weighted by Gasteiger charge is 2.31. The van der Waals surface area contributed by atoms with Crippen LogP contribution in [-0.2, 0) is 18.0 Å². The second kappa shape index (κ2) is 13.1. The molecule has 0 spiro atoms. The number of rotatable bonds is 8. The molecule has 0 aromatic heterocycles. The summed E-state index contributed by atoms with van der Waals surface area (Å²) in [4.78, 5) is 25.8. The van der Waals surface area contributed by atoms with Gasteiger partial charge in [0.25, 0.3) is 0 Å². The third-order valence-electron chi connectivity index (χ3n) is 1.97.